The van der Waals surface area contributed by atoms with Gasteiger partial charge in [-0.2, -0.15) is 26.6 Å². The first-order chi connectivity index (χ1) is 10.2. The van der Waals surface area contributed by atoms with E-state index in [4.69, 9.17) is 5.26 Å². The van der Waals surface area contributed by atoms with Gasteiger partial charge in [-0.25, -0.2) is 10.2 Å². The average molecular weight is 351 g/mol. The Balaban J connectivity index is 2.47. The van der Waals surface area contributed by atoms with Crippen molar-refractivity contribution in [3.8, 4) is 11.8 Å². The number of hydrogen-bond donors (Lipinski definition) is 0. The molecule has 0 fully saturated rings. The zero-order valence-electron chi connectivity index (χ0n) is 11.2. The van der Waals surface area contributed by atoms with E-state index in [0.717, 1.165) is 11.8 Å². The minimum atomic E-state index is -5.79. The molecule has 0 saturated carbocycles. The lowest BCUT2D eigenvalue weighted by Crippen LogP contribution is -2.30. The highest BCUT2D eigenvalue weighted by Gasteiger charge is 2.49. The van der Waals surface area contributed by atoms with Gasteiger partial charge in [0, 0.05) is 17.2 Å². The van der Waals surface area contributed by atoms with Crippen LogP contribution in [0.15, 0.2) is 5.16 Å². The summed E-state index contributed by atoms with van der Waals surface area (Å²) in [4.78, 5) is 7.85. The Morgan fingerprint density at radius 1 is 1.41 bits per heavy atom. The van der Waals surface area contributed by atoms with Gasteiger partial charge in [-0.15, -0.1) is 0 Å². The van der Waals surface area contributed by atoms with Crippen molar-refractivity contribution < 1.29 is 25.8 Å². The third-order valence-corrected chi connectivity index (χ3v) is 4.55. The van der Waals surface area contributed by atoms with Crippen LogP contribution in [0.1, 0.15) is 11.3 Å². The third-order valence-electron chi connectivity index (χ3n) is 3.05. The molecule has 1 aliphatic heterocycles. The summed E-state index contributed by atoms with van der Waals surface area (Å²) < 4.78 is 63.8. The monoisotopic (exact) mass is 351 g/mol. The molecule has 0 atom stereocenters. The van der Waals surface area contributed by atoms with Crippen molar-refractivity contribution in [1.82, 2.24) is 9.97 Å². The minimum Gasteiger partial charge on any atom is -0.355 e. The summed E-state index contributed by atoms with van der Waals surface area (Å²) in [5.74, 6) is 1.46. The lowest BCUT2D eigenvalue weighted by Gasteiger charge is -2.20. The Morgan fingerprint density at radius 2 is 2.09 bits per heavy atom. The predicted octanol–water partition coefficient (Wildman–Crippen LogP) is 1.62. The fraction of sp³-hybridized carbons (Fsp3) is 0.500. The van der Waals surface area contributed by atoms with Crippen molar-refractivity contribution in [2.24, 2.45) is 0 Å². The number of hydrogen-bond acceptors (Lipinski definition) is 7. The maximum Gasteiger partial charge on any atom is 0.534 e. The van der Waals surface area contributed by atoms with Crippen LogP contribution in [0.3, 0.4) is 0 Å². The fourth-order valence-corrected chi connectivity index (χ4v) is 2.80. The Labute approximate surface area is 129 Å². The predicted molar refractivity (Wildman–Crippen MR) is 73.0 cm³/mol. The summed E-state index contributed by atoms with van der Waals surface area (Å²) in [5.41, 5.74) is -4.98. The third kappa shape index (κ3) is 3.30. The van der Waals surface area contributed by atoms with Crippen molar-refractivity contribution in [2.45, 2.75) is 29.7 Å². The topological polar surface area (TPSA) is 92.9 Å². The van der Waals surface area contributed by atoms with Crippen molar-refractivity contribution in [3.05, 3.63) is 11.3 Å². The van der Waals surface area contributed by atoms with Gasteiger partial charge in [0.1, 0.15) is 0 Å². The van der Waals surface area contributed by atoms with Gasteiger partial charge < -0.3 is 4.18 Å². The summed E-state index contributed by atoms with van der Waals surface area (Å²) in [7, 11) is -5.79. The Morgan fingerprint density at radius 3 is 2.64 bits per heavy atom. The summed E-state index contributed by atoms with van der Waals surface area (Å²) in [6.45, 7) is -0.316. The number of halogens is 3. The first kappa shape index (κ1) is 16.9. The van der Waals surface area contributed by atoms with Crippen LogP contribution in [-0.2, 0) is 22.9 Å². The van der Waals surface area contributed by atoms with E-state index in [1.165, 1.54) is 0 Å². The van der Waals surface area contributed by atoms with E-state index in [0.29, 0.717) is 12.0 Å². The van der Waals surface area contributed by atoms with Crippen LogP contribution in [0.25, 0.3) is 0 Å². The fourth-order valence-electron chi connectivity index (χ4n) is 1.98. The second-order valence-electron chi connectivity index (χ2n) is 4.49. The molecule has 0 saturated heterocycles. The Bertz CT molecular complexity index is 733. The first-order valence-corrected chi connectivity index (χ1v) is 8.65. The lowest BCUT2D eigenvalue weighted by atomic mass is 9.43. The first-order valence-electron chi connectivity index (χ1n) is 6.02. The molecule has 2 rings (SSSR count). The molecule has 2 heterocycles. The normalized spacial score (nSPS) is 15.1. The van der Waals surface area contributed by atoms with E-state index >= 15 is 0 Å². The molecular weight excluding hydrogens is 342 g/mol. The van der Waals surface area contributed by atoms with Gasteiger partial charge in [-0.3, -0.25) is 0 Å². The van der Waals surface area contributed by atoms with Crippen LogP contribution >= 0.6 is 11.8 Å². The van der Waals surface area contributed by atoms with Crippen molar-refractivity contribution in [3.63, 3.8) is 0 Å². The van der Waals surface area contributed by atoms with Gasteiger partial charge in [0.25, 0.3) is 6.71 Å². The van der Waals surface area contributed by atoms with E-state index in [-0.39, 0.29) is 30.2 Å². The zero-order valence-corrected chi connectivity index (χ0v) is 12.8. The lowest BCUT2D eigenvalue weighted by molar-refractivity contribution is -0.0501. The maximum absolute atomic E-state index is 12.4. The van der Waals surface area contributed by atoms with Gasteiger partial charge in [0.05, 0.1) is 0 Å². The number of fused-ring (bicyclic) bond motifs is 1. The molecule has 118 valence electrons. The summed E-state index contributed by atoms with van der Waals surface area (Å²) >= 11 is 1.04. The van der Waals surface area contributed by atoms with Crippen LogP contribution in [0.2, 0.25) is 6.32 Å². The quantitative estimate of drug-likeness (QED) is 0.269. The molecule has 22 heavy (non-hydrogen) atoms. The number of nitrogens with zero attached hydrogens (tertiary/aromatic N) is 3. The van der Waals surface area contributed by atoms with Crippen molar-refractivity contribution in [1.29, 1.82) is 5.26 Å². The molecule has 0 aromatic carbocycles. The molecule has 0 aliphatic carbocycles. The number of nitriles is 1. The van der Waals surface area contributed by atoms with E-state index in [1.807, 2.05) is 0 Å². The average Bonchev–Trinajstić information content (AvgIpc) is 2.44. The van der Waals surface area contributed by atoms with Crippen molar-refractivity contribution >= 4 is 28.6 Å². The maximum atomic E-state index is 12.4. The summed E-state index contributed by atoms with van der Waals surface area (Å²) in [5, 5.41) is 9.02. The van der Waals surface area contributed by atoms with Crippen LogP contribution < -0.4 is 4.18 Å². The molecule has 1 aliphatic rings. The SMILES string of the molecule is CSc1nc2c(c(OS(=O)(=O)C(F)(F)F)n1)CCB(C#N)C2. The van der Waals surface area contributed by atoms with Gasteiger partial charge >= 0.3 is 15.6 Å². The molecule has 0 N–H and O–H groups in total. The van der Waals surface area contributed by atoms with E-state index in [9.17, 15) is 21.6 Å². The van der Waals surface area contributed by atoms with E-state index < -0.39 is 21.5 Å². The van der Waals surface area contributed by atoms with Gasteiger partial charge in [0.2, 0.25) is 5.88 Å². The van der Waals surface area contributed by atoms with E-state index in [2.05, 4.69) is 20.1 Å². The molecule has 1 aromatic heterocycles. The van der Waals surface area contributed by atoms with Gasteiger partial charge in [0.15, 0.2) is 5.16 Å². The molecule has 0 bridgehead atoms. The summed E-state index contributed by atoms with van der Waals surface area (Å²) in [6, 6.07) is 0. The highest BCUT2D eigenvalue weighted by Crippen LogP contribution is 2.33. The van der Waals surface area contributed by atoms with Gasteiger partial charge in [-0.05, 0) is 19.0 Å². The highest BCUT2D eigenvalue weighted by molar-refractivity contribution is 7.98. The van der Waals surface area contributed by atoms with Crippen LogP contribution in [-0.4, -0.2) is 36.9 Å². The Hall–Kier alpha value is -1.48. The molecule has 0 amide bonds. The minimum absolute atomic E-state index is 0.0877. The molecule has 6 nitrogen and oxygen atoms in total. The van der Waals surface area contributed by atoms with Crippen molar-refractivity contribution in [2.75, 3.05) is 6.26 Å². The molecule has 1 aromatic rings. The number of thioether (sulfide) groups is 1. The number of alkyl halides is 3. The Kier molecular flexibility index (Phi) is 4.58. The molecular formula is C10H9BF3N3O3S2. The smallest absolute Gasteiger partial charge is 0.355 e. The summed E-state index contributed by atoms with van der Waals surface area (Å²) in [6.07, 6.45) is 2.39. The largest absolute Gasteiger partial charge is 0.534 e. The van der Waals surface area contributed by atoms with Crippen LogP contribution in [0, 0.1) is 11.2 Å². The zero-order chi connectivity index (χ0) is 16.5. The highest BCUT2D eigenvalue weighted by atomic mass is 32.2. The van der Waals surface area contributed by atoms with Crippen LogP contribution in [0.4, 0.5) is 13.2 Å². The second-order valence-corrected chi connectivity index (χ2v) is 6.80. The standard InChI is InChI=1S/C10H9BF3N3O3S2/c1-21-9-16-7-4-11(5-15)3-2-6(7)8(17-9)20-22(18,19)10(12,13)14/h2-4H2,1H3. The molecule has 0 unspecified atom stereocenters. The van der Waals surface area contributed by atoms with Gasteiger partial charge in [-0.1, -0.05) is 18.1 Å². The van der Waals surface area contributed by atoms with Crippen LogP contribution in [0.5, 0.6) is 5.88 Å². The second kappa shape index (κ2) is 5.96. The molecule has 0 radical (unpaired) electrons. The molecule has 12 heteroatoms. The molecule has 0 spiro atoms. The number of aromatic nitrogens is 2. The van der Waals surface area contributed by atoms with E-state index in [1.54, 1.807) is 6.26 Å². The number of rotatable bonds is 3.